The summed E-state index contributed by atoms with van der Waals surface area (Å²) in [5.41, 5.74) is -4.58. The van der Waals surface area contributed by atoms with Crippen molar-refractivity contribution in [1.29, 1.82) is 0 Å². The maximum atomic E-state index is 13.5. The number of halogens is 4. The minimum absolute atomic E-state index is 0.180. The van der Waals surface area contributed by atoms with Gasteiger partial charge in [0.05, 0.1) is 19.1 Å². The van der Waals surface area contributed by atoms with Gasteiger partial charge in [0.15, 0.2) is 11.6 Å². The predicted octanol–water partition coefficient (Wildman–Crippen LogP) is 3.45. The summed E-state index contributed by atoms with van der Waals surface area (Å²) in [6.45, 7) is 0. The van der Waals surface area contributed by atoms with E-state index in [-0.39, 0.29) is 11.5 Å². The summed E-state index contributed by atoms with van der Waals surface area (Å²) in [5.74, 6) is -1.52. The Morgan fingerprint density at radius 2 is 1.56 bits per heavy atom. The molecule has 1 rings (SSSR count). The number of hydrogen-bond donors (Lipinski definition) is 0. The molecule has 7 heteroatoms. The van der Waals surface area contributed by atoms with Gasteiger partial charge in [-0.2, -0.15) is 13.2 Å². The molecule has 0 amide bonds. The molecule has 0 bridgehead atoms. The molecular weight excluding hydrogens is 248 g/mol. The monoisotopic (exact) mass is 256 g/mol. The van der Waals surface area contributed by atoms with Crippen molar-refractivity contribution < 1.29 is 27.0 Å². The van der Waals surface area contributed by atoms with Gasteiger partial charge < -0.3 is 9.47 Å². The van der Waals surface area contributed by atoms with Gasteiger partial charge >= 0.3 is 5.51 Å². The molecule has 0 aromatic heterocycles. The molecule has 0 saturated heterocycles. The van der Waals surface area contributed by atoms with E-state index in [1.807, 2.05) is 0 Å². The zero-order valence-electron chi connectivity index (χ0n) is 8.39. The first kappa shape index (κ1) is 13.0. The molecule has 0 aliphatic rings. The highest BCUT2D eigenvalue weighted by atomic mass is 32.2. The molecule has 90 valence electrons. The Hall–Kier alpha value is -1.11. The van der Waals surface area contributed by atoms with E-state index in [9.17, 15) is 17.6 Å². The van der Waals surface area contributed by atoms with Crippen LogP contribution in [0.25, 0.3) is 0 Å². The van der Waals surface area contributed by atoms with Gasteiger partial charge in [-0.3, -0.25) is 0 Å². The quantitative estimate of drug-likeness (QED) is 0.609. The average molecular weight is 256 g/mol. The van der Waals surface area contributed by atoms with Crippen molar-refractivity contribution in [3.05, 3.63) is 17.9 Å². The normalized spacial score (nSPS) is 11.4. The zero-order valence-corrected chi connectivity index (χ0v) is 9.21. The smallest absolute Gasteiger partial charge is 0.446 e. The van der Waals surface area contributed by atoms with Gasteiger partial charge in [-0.15, -0.1) is 0 Å². The molecule has 0 unspecified atom stereocenters. The van der Waals surface area contributed by atoms with Gasteiger partial charge in [0.2, 0.25) is 0 Å². The average Bonchev–Trinajstić information content (AvgIpc) is 2.19. The fourth-order valence-corrected chi connectivity index (χ4v) is 1.72. The van der Waals surface area contributed by atoms with E-state index in [0.29, 0.717) is 0 Å². The number of alkyl halides is 3. The third kappa shape index (κ3) is 2.94. The third-order valence-corrected chi connectivity index (χ3v) is 2.50. The number of methoxy groups -OCH3 is 2. The summed E-state index contributed by atoms with van der Waals surface area (Å²) in [4.78, 5) is -0.630. The lowest BCUT2D eigenvalue weighted by Crippen LogP contribution is -2.03. The van der Waals surface area contributed by atoms with Crippen LogP contribution in [0.1, 0.15) is 0 Å². The van der Waals surface area contributed by atoms with Gasteiger partial charge in [0.25, 0.3) is 0 Å². The summed E-state index contributed by atoms with van der Waals surface area (Å²) in [6, 6.07) is 2.42. The van der Waals surface area contributed by atoms with Crippen molar-refractivity contribution in [2.24, 2.45) is 0 Å². The van der Waals surface area contributed by atoms with E-state index in [0.717, 1.165) is 0 Å². The first-order valence-corrected chi connectivity index (χ1v) is 4.87. The van der Waals surface area contributed by atoms with Crippen LogP contribution in [-0.2, 0) is 0 Å². The maximum Gasteiger partial charge on any atom is 0.446 e. The van der Waals surface area contributed by atoms with Crippen LogP contribution in [0.3, 0.4) is 0 Å². The van der Waals surface area contributed by atoms with Crippen LogP contribution in [0, 0.1) is 5.82 Å². The molecule has 0 radical (unpaired) electrons. The Balaban J connectivity index is 3.21. The standard InChI is InChI=1S/C9H8F4O2S/c1-14-5-3-4-6(15-2)8(7(5)10)16-9(11,12)13/h3-4H,1-2H3. The summed E-state index contributed by atoms with van der Waals surface area (Å²) in [6.07, 6.45) is 0. The van der Waals surface area contributed by atoms with Crippen molar-refractivity contribution in [2.45, 2.75) is 10.4 Å². The number of hydrogen-bond acceptors (Lipinski definition) is 3. The van der Waals surface area contributed by atoms with E-state index in [1.54, 1.807) is 0 Å². The molecule has 2 nitrogen and oxygen atoms in total. The number of rotatable bonds is 3. The third-order valence-electron chi connectivity index (χ3n) is 1.68. The molecule has 1 aromatic carbocycles. The van der Waals surface area contributed by atoms with Gasteiger partial charge in [-0.1, -0.05) is 0 Å². The van der Waals surface area contributed by atoms with Crippen molar-refractivity contribution in [1.82, 2.24) is 0 Å². The SMILES string of the molecule is COc1ccc(OC)c(SC(F)(F)F)c1F. The van der Waals surface area contributed by atoms with E-state index < -0.39 is 28.0 Å². The van der Waals surface area contributed by atoms with Crippen LogP contribution in [0.2, 0.25) is 0 Å². The topological polar surface area (TPSA) is 18.5 Å². The lowest BCUT2D eigenvalue weighted by Gasteiger charge is -2.12. The lowest BCUT2D eigenvalue weighted by molar-refractivity contribution is -0.0330. The number of benzene rings is 1. The Morgan fingerprint density at radius 1 is 1.06 bits per heavy atom. The van der Waals surface area contributed by atoms with Crippen LogP contribution in [-0.4, -0.2) is 19.7 Å². The summed E-state index contributed by atoms with van der Waals surface area (Å²) >= 11 is -0.572. The minimum atomic E-state index is -4.58. The van der Waals surface area contributed by atoms with E-state index in [2.05, 4.69) is 9.47 Å². The molecule has 16 heavy (non-hydrogen) atoms. The Bertz CT molecular complexity index is 379. The van der Waals surface area contributed by atoms with Gasteiger partial charge in [0, 0.05) is 0 Å². The Morgan fingerprint density at radius 3 is 2.00 bits per heavy atom. The summed E-state index contributed by atoms with van der Waals surface area (Å²) in [5, 5.41) is 0. The molecule has 0 aliphatic heterocycles. The molecule has 0 spiro atoms. The highest BCUT2D eigenvalue weighted by molar-refractivity contribution is 8.00. The fraction of sp³-hybridized carbons (Fsp3) is 0.333. The second-order valence-corrected chi connectivity index (χ2v) is 3.74. The second-order valence-electron chi connectivity index (χ2n) is 2.66. The van der Waals surface area contributed by atoms with E-state index in [1.165, 1.54) is 26.4 Å². The van der Waals surface area contributed by atoms with Crippen molar-refractivity contribution >= 4 is 11.8 Å². The highest BCUT2D eigenvalue weighted by Gasteiger charge is 2.33. The summed E-state index contributed by atoms with van der Waals surface area (Å²) < 4.78 is 59.3. The largest absolute Gasteiger partial charge is 0.495 e. The van der Waals surface area contributed by atoms with Crippen LogP contribution >= 0.6 is 11.8 Å². The lowest BCUT2D eigenvalue weighted by atomic mass is 10.3. The number of ether oxygens (including phenoxy) is 2. The fourth-order valence-electron chi connectivity index (χ4n) is 1.05. The molecular formula is C9H8F4O2S. The molecule has 0 fully saturated rings. The van der Waals surface area contributed by atoms with Gasteiger partial charge in [0.1, 0.15) is 5.75 Å². The van der Waals surface area contributed by atoms with Crippen LogP contribution in [0.15, 0.2) is 17.0 Å². The molecule has 1 aromatic rings. The van der Waals surface area contributed by atoms with E-state index in [4.69, 9.17) is 0 Å². The van der Waals surface area contributed by atoms with E-state index >= 15 is 0 Å². The molecule has 0 saturated carbocycles. The van der Waals surface area contributed by atoms with Gasteiger partial charge in [-0.25, -0.2) is 4.39 Å². The van der Waals surface area contributed by atoms with Crippen LogP contribution in [0.4, 0.5) is 17.6 Å². The predicted molar refractivity (Wildman–Crippen MR) is 51.4 cm³/mol. The molecule has 0 N–H and O–H groups in total. The highest BCUT2D eigenvalue weighted by Crippen LogP contribution is 2.44. The first-order valence-electron chi connectivity index (χ1n) is 4.05. The summed E-state index contributed by atoms with van der Waals surface area (Å²) in [7, 11) is 2.34. The number of thioether (sulfide) groups is 1. The van der Waals surface area contributed by atoms with Gasteiger partial charge in [-0.05, 0) is 23.9 Å². The molecule has 0 heterocycles. The zero-order chi connectivity index (χ0) is 12.3. The molecule has 0 aliphatic carbocycles. The Labute approximate surface area is 93.5 Å². The van der Waals surface area contributed by atoms with Crippen molar-refractivity contribution in [2.75, 3.05) is 14.2 Å². The first-order chi connectivity index (χ1) is 7.39. The van der Waals surface area contributed by atoms with Crippen molar-refractivity contribution in [3.63, 3.8) is 0 Å². The second kappa shape index (κ2) is 4.82. The Kier molecular flexibility index (Phi) is 3.90. The van der Waals surface area contributed by atoms with Crippen LogP contribution < -0.4 is 9.47 Å². The van der Waals surface area contributed by atoms with Crippen LogP contribution in [0.5, 0.6) is 11.5 Å². The maximum absolute atomic E-state index is 13.5. The minimum Gasteiger partial charge on any atom is -0.495 e. The molecule has 0 atom stereocenters. The van der Waals surface area contributed by atoms with Crippen molar-refractivity contribution in [3.8, 4) is 11.5 Å².